The van der Waals surface area contributed by atoms with Crippen molar-refractivity contribution in [1.29, 1.82) is 0 Å². The number of alkyl halides is 1. The van der Waals surface area contributed by atoms with Crippen LogP contribution in [-0.4, -0.2) is 28.6 Å². The molecule has 0 fully saturated rings. The second-order valence-corrected chi connectivity index (χ2v) is 4.50. The van der Waals surface area contributed by atoms with E-state index in [1.54, 1.807) is 0 Å². The van der Waals surface area contributed by atoms with Crippen molar-refractivity contribution in [2.24, 2.45) is 0 Å². The molecule has 1 atom stereocenters. The van der Waals surface area contributed by atoms with Crippen LogP contribution in [0.15, 0.2) is 9.72 Å². The first-order valence-electron chi connectivity index (χ1n) is 3.51. The maximum absolute atomic E-state index is 11.8. The molecule has 1 rings (SSSR count). The third kappa shape index (κ3) is 3.08. The Morgan fingerprint density at radius 2 is 2.58 bits per heavy atom. The van der Waals surface area contributed by atoms with Crippen LogP contribution in [0.4, 0.5) is 4.39 Å². The highest BCUT2D eigenvalue weighted by Crippen LogP contribution is 2.22. The fourth-order valence-corrected chi connectivity index (χ4v) is 2.38. The molecule has 1 N–H and O–H groups in total. The van der Waals surface area contributed by atoms with E-state index in [1.165, 1.54) is 23.1 Å². The number of rotatable bonds is 4. The molecule has 0 aromatic carbocycles. The molecule has 0 spiro atoms. The van der Waals surface area contributed by atoms with Crippen LogP contribution in [0.1, 0.15) is 5.69 Å². The van der Waals surface area contributed by atoms with Gasteiger partial charge >= 0.3 is 0 Å². The summed E-state index contributed by atoms with van der Waals surface area (Å²) in [5.74, 6) is 0.378. The molecular formula is C7H10FNOS2. The van der Waals surface area contributed by atoms with Gasteiger partial charge in [-0.25, -0.2) is 9.37 Å². The smallest absolute Gasteiger partial charge is 0.150 e. The molecule has 1 unspecified atom stereocenters. The molecule has 1 aromatic heterocycles. The number of hydrogen-bond donors (Lipinski definition) is 1. The second-order valence-electron chi connectivity index (χ2n) is 2.37. The molecule has 0 aliphatic rings. The molecule has 2 nitrogen and oxygen atoms in total. The van der Waals surface area contributed by atoms with Crippen molar-refractivity contribution < 1.29 is 9.50 Å². The lowest BCUT2D eigenvalue weighted by molar-refractivity contribution is 0.162. The van der Waals surface area contributed by atoms with Crippen LogP contribution in [0, 0.1) is 6.92 Å². The largest absolute Gasteiger partial charge is 0.390 e. The number of aliphatic hydroxyl groups is 1. The third-order valence-corrected chi connectivity index (χ3v) is 3.46. The molecule has 0 saturated heterocycles. The van der Waals surface area contributed by atoms with E-state index in [-0.39, 0.29) is 0 Å². The van der Waals surface area contributed by atoms with Gasteiger partial charge in [-0.1, -0.05) is 11.8 Å². The number of hydrogen-bond acceptors (Lipinski definition) is 4. The molecule has 0 aliphatic heterocycles. The van der Waals surface area contributed by atoms with Crippen molar-refractivity contribution in [3.05, 3.63) is 11.1 Å². The zero-order valence-corrected chi connectivity index (χ0v) is 8.29. The van der Waals surface area contributed by atoms with Crippen LogP contribution in [0.3, 0.4) is 0 Å². The van der Waals surface area contributed by atoms with Gasteiger partial charge in [0, 0.05) is 16.8 Å². The second kappa shape index (κ2) is 4.79. The van der Waals surface area contributed by atoms with Crippen molar-refractivity contribution in [3.63, 3.8) is 0 Å². The van der Waals surface area contributed by atoms with E-state index < -0.39 is 12.8 Å². The summed E-state index contributed by atoms with van der Waals surface area (Å²) in [4.78, 5) is 4.16. The fraction of sp³-hybridized carbons (Fsp3) is 0.571. The van der Waals surface area contributed by atoms with Gasteiger partial charge in [0.1, 0.15) is 11.0 Å². The van der Waals surface area contributed by atoms with E-state index in [2.05, 4.69) is 4.98 Å². The normalized spacial score (nSPS) is 13.2. The molecule has 1 heterocycles. The monoisotopic (exact) mass is 207 g/mol. The molecule has 12 heavy (non-hydrogen) atoms. The molecular weight excluding hydrogens is 197 g/mol. The van der Waals surface area contributed by atoms with Gasteiger partial charge in [0.15, 0.2) is 0 Å². The number of halogens is 1. The van der Waals surface area contributed by atoms with E-state index >= 15 is 0 Å². The van der Waals surface area contributed by atoms with E-state index in [4.69, 9.17) is 5.11 Å². The Kier molecular flexibility index (Phi) is 3.97. The Morgan fingerprint density at radius 3 is 3.08 bits per heavy atom. The van der Waals surface area contributed by atoms with Gasteiger partial charge < -0.3 is 5.11 Å². The Hall–Kier alpha value is -0.130. The average Bonchev–Trinajstić information content (AvgIpc) is 2.47. The van der Waals surface area contributed by atoms with E-state index in [9.17, 15) is 4.39 Å². The predicted molar refractivity (Wildman–Crippen MR) is 49.6 cm³/mol. The minimum atomic E-state index is -0.862. The molecule has 0 radical (unpaired) electrons. The molecule has 0 aliphatic carbocycles. The van der Waals surface area contributed by atoms with Crippen molar-refractivity contribution in [2.45, 2.75) is 17.4 Å². The lowest BCUT2D eigenvalue weighted by atomic mass is 10.5. The first-order chi connectivity index (χ1) is 5.72. The Labute approximate surface area is 78.8 Å². The standard InChI is InChI=1S/C7H10FNOS2/c1-5-3-11-7(9-5)12-4-6(10)2-8/h3,6,10H,2,4H2,1H3. The summed E-state index contributed by atoms with van der Waals surface area (Å²) in [6.45, 7) is 1.23. The van der Waals surface area contributed by atoms with Crippen molar-refractivity contribution in [1.82, 2.24) is 4.98 Å². The maximum atomic E-state index is 11.8. The quantitative estimate of drug-likeness (QED) is 0.765. The molecule has 5 heteroatoms. The van der Waals surface area contributed by atoms with Crippen LogP contribution in [0.25, 0.3) is 0 Å². The summed E-state index contributed by atoms with van der Waals surface area (Å²) >= 11 is 2.91. The van der Waals surface area contributed by atoms with Crippen molar-refractivity contribution in [3.8, 4) is 0 Å². The Bertz CT molecular complexity index is 241. The van der Waals surface area contributed by atoms with Gasteiger partial charge in [-0.3, -0.25) is 0 Å². The zero-order valence-electron chi connectivity index (χ0n) is 6.66. The lowest BCUT2D eigenvalue weighted by Gasteiger charge is -2.01. The lowest BCUT2D eigenvalue weighted by Crippen LogP contribution is -2.11. The molecule has 1 aromatic rings. The predicted octanol–water partition coefficient (Wildman–Crippen LogP) is 1.87. The van der Waals surface area contributed by atoms with Crippen LogP contribution in [0.2, 0.25) is 0 Å². The number of nitrogens with zero attached hydrogens (tertiary/aromatic N) is 1. The highest BCUT2D eigenvalue weighted by atomic mass is 32.2. The number of aliphatic hydroxyl groups excluding tert-OH is 1. The first kappa shape index (κ1) is 9.95. The van der Waals surface area contributed by atoms with Crippen LogP contribution < -0.4 is 0 Å². The van der Waals surface area contributed by atoms with Crippen LogP contribution in [0.5, 0.6) is 0 Å². The zero-order chi connectivity index (χ0) is 8.97. The minimum absolute atomic E-state index is 0.378. The number of thioether (sulfide) groups is 1. The molecule has 0 bridgehead atoms. The van der Waals surface area contributed by atoms with E-state index in [0.29, 0.717) is 5.75 Å². The Balaban J connectivity index is 2.33. The number of aryl methyl sites for hydroxylation is 1. The molecule has 0 saturated carbocycles. The summed E-state index contributed by atoms with van der Waals surface area (Å²) in [6.07, 6.45) is -0.862. The number of aromatic nitrogens is 1. The van der Waals surface area contributed by atoms with Gasteiger partial charge in [0.25, 0.3) is 0 Å². The average molecular weight is 207 g/mol. The SMILES string of the molecule is Cc1csc(SCC(O)CF)n1. The van der Waals surface area contributed by atoms with E-state index in [0.717, 1.165) is 10.0 Å². The summed E-state index contributed by atoms with van der Waals surface area (Å²) in [5, 5.41) is 10.8. The van der Waals surface area contributed by atoms with Crippen LogP contribution >= 0.6 is 23.1 Å². The summed E-state index contributed by atoms with van der Waals surface area (Å²) in [7, 11) is 0. The minimum Gasteiger partial charge on any atom is -0.390 e. The Morgan fingerprint density at radius 1 is 1.83 bits per heavy atom. The molecule has 0 amide bonds. The summed E-state index contributed by atoms with van der Waals surface area (Å²) in [6, 6.07) is 0. The maximum Gasteiger partial charge on any atom is 0.150 e. The van der Waals surface area contributed by atoms with Gasteiger partial charge in [-0.05, 0) is 6.92 Å². The first-order valence-corrected chi connectivity index (χ1v) is 5.38. The summed E-state index contributed by atoms with van der Waals surface area (Å²) < 4.78 is 12.7. The highest BCUT2D eigenvalue weighted by molar-refractivity contribution is 8.01. The van der Waals surface area contributed by atoms with Gasteiger partial charge in [-0.15, -0.1) is 11.3 Å². The van der Waals surface area contributed by atoms with E-state index in [1.807, 2.05) is 12.3 Å². The van der Waals surface area contributed by atoms with Crippen molar-refractivity contribution in [2.75, 3.05) is 12.4 Å². The molecule has 68 valence electrons. The van der Waals surface area contributed by atoms with Crippen molar-refractivity contribution >= 4 is 23.1 Å². The fourth-order valence-electron chi connectivity index (χ4n) is 0.611. The van der Waals surface area contributed by atoms with Gasteiger partial charge in [0.2, 0.25) is 0 Å². The topological polar surface area (TPSA) is 33.1 Å². The van der Waals surface area contributed by atoms with Crippen LogP contribution in [-0.2, 0) is 0 Å². The summed E-state index contributed by atoms with van der Waals surface area (Å²) in [5.41, 5.74) is 0.970. The third-order valence-electron chi connectivity index (χ3n) is 1.18. The van der Waals surface area contributed by atoms with Gasteiger partial charge in [0.05, 0.1) is 6.10 Å². The number of thiazole rings is 1. The van der Waals surface area contributed by atoms with Gasteiger partial charge in [-0.2, -0.15) is 0 Å². The highest BCUT2D eigenvalue weighted by Gasteiger charge is 2.05.